The normalized spacial score (nSPS) is 19.8. The average Bonchev–Trinajstić information content (AvgIpc) is 2.38. The Balaban J connectivity index is 2.32. The maximum atomic E-state index is 13.8. The van der Waals surface area contributed by atoms with Crippen LogP contribution in [0.4, 0.5) is 10.1 Å². The molecule has 0 spiro atoms. The highest BCUT2D eigenvalue weighted by Crippen LogP contribution is 2.27. The molecule has 1 unspecified atom stereocenters. The van der Waals surface area contributed by atoms with E-state index in [2.05, 4.69) is 0 Å². The van der Waals surface area contributed by atoms with Gasteiger partial charge < -0.3 is 9.69 Å². The molecule has 1 heterocycles. The second-order valence-electron chi connectivity index (χ2n) is 4.17. The molecule has 1 saturated heterocycles. The molecule has 1 atom stereocenters. The summed E-state index contributed by atoms with van der Waals surface area (Å²) in [6, 6.07) is 6.02. The lowest BCUT2D eigenvalue weighted by Crippen LogP contribution is -2.41. The number of carbonyl (C=O) groups is 1. The van der Waals surface area contributed by atoms with Gasteiger partial charge >= 0.3 is 0 Å². The van der Waals surface area contributed by atoms with Crippen molar-refractivity contribution >= 4 is 12.0 Å². The maximum Gasteiger partial charge on any atom is 0.147 e. The van der Waals surface area contributed by atoms with Crippen LogP contribution >= 0.6 is 0 Å². The summed E-state index contributed by atoms with van der Waals surface area (Å²) in [5, 5.41) is 8.67. The maximum absolute atomic E-state index is 13.8. The predicted octanol–water partition coefficient (Wildman–Crippen LogP) is 2.26. The molecule has 1 aromatic carbocycles. The van der Waals surface area contributed by atoms with Crippen molar-refractivity contribution in [3.63, 3.8) is 0 Å². The lowest BCUT2D eigenvalue weighted by Gasteiger charge is -2.34. The highest BCUT2D eigenvalue weighted by molar-refractivity contribution is 5.67. The van der Waals surface area contributed by atoms with E-state index in [4.69, 9.17) is 5.26 Å². The van der Waals surface area contributed by atoms with Gasteiger partial charge in [-0.1, -0.05) is 0 Å². The Morgan fingerprint density at radius 3 is 2.94 bits per heavy atom. The van der Waals surface area contributed by atoms with Crippen LogP contribution in [0, 0.1) is 17.1 Å². The topological polar surface area (TPSA) is 44.1 Å². The van der Waals surface area contributed by atoms with Crippen molar-refractivity contribution < 1.29 is 9.18 Å². The molecule has 17 heavy (non-hydrogen) atoms. The second-order valence-corrected chi connectivity index (χ2v) is 4.17. The third kappa shape index (κ3) is 2.28. The van der Waals surface area contributed by atoms with Gasteiger partial charge in [0.1, 0.15) is 12.1 Å². The first-order valence-corrected chi connectivity index (χ1v) is 5.68. The number of benzene rings is 1. The van der Waals surface area contributed by atoms with E-state index in [-0.39, 0.29) is 6.04 Å². The molecule has 3 nitrogen and oxygen atoms in total. The van der Waals surface area contributed by atoms with Gasteiger partial charge in [0, 0.05) is 6.54 Å². The predicted molar refractivity (Wildman–Crippen MR) is 62.2 cm³/mol. The van der Waals surface area contributed by atoms with Crippen molar-refractivity contribution in [2.45, 2.75) is 25.3 Å². The number of hydrogen-bond donors (Lipinski definition) is 0. The van der Waals surface area contributed by atoms with Crippen LogP contribution in [0.15, 0.2) is 18.2 Å². The molecule has 1 aromatic rings. The number of nitriles is 1. The average molecular weight is 232 g/mol. The quantitative estimate of drug-likeness (QED) is 0.734. The molecule has 0 saturated carbocycles. The van der Waals surface area contributed by atoms with Gasteiger partial charge in [0.15, 0.2) is 0 Å². The van der Waals surface area contributed by atoms with Gasteiger partial charge in [-0.15, -0.1) is 0 Å². The molecule has 1 fully saturated rings. The smallest absolute Gasteiger partial charge is 0.147 e. The van der Waals surface area contributed by atoms with Gasteiger partial charge in [-0.2, -0.15) is 5.26 Å². The molecule has 0 aliphatic carbocycles. The van der Waals surface area contributed by atoms with Crippen LogP contribution in [-0.4, -0.2) is 18.9 Å². The zero-order valence-electron chi connectivity index (χ0n) is 9.40. The zero-order valence-corrected chi connectivity index (χ0v) is 9.40. The van der Waals surface area contributed by atoms with Crippen LogP contribution in [0.2, 0.25) is 0 Å². The molecule has 0 N–H and O–H groups in total. The number of anilines is 1. The van der Waals surface area contributed by atoms with Crippen LogP contribution in [0.1, 0.15) is 24.8 Å². The summed E-state index contributed by atoms with van der Waals surface area (Å²) < 4.78 is 13.8. The number of hydrogen-bond acceptors (Lipinski definition) is 3. The monoisotopic (exact) mass is 232 g/mol. The summed E-state index contributed by atoms with van der Waals surface area (Å²) in [5.74, 6) is -0.433. The number of rotatable bonds is 2. The van der Waals surface area contributed by atoms with Gasteiger partial charge in [0.25, 0.3) is 0 Å². The van der Waals surface area contributed by atoms with Crippen molar-refractivity contribution in [1.29, 1.82) is 5.26 Å². The van der Waals surface area contributed by atoms with E-state index < -0.39 is 5.82 Å². The zero-order chi connectivity index (χ0) is 12.3. The lowest BCUT2D eigenvalue weighted by atomic mass is 10.0. The Hall–Kier alpha value is -1.89. The largest absolute Gasteiger partial charge is 0.359 e. The Labute approximate surface area is 99.5 Å². The van der Waals surface area contributed by atoms with E-state index in [9.17, 15) is 9.18 Å². The molecular formula is C13H13FN2O. The van der Waals surface area contributed by atoms with E-state index in [0.29, 0.717) is 17.8 Å². The fourth-order valence-corrected chi connectivity index (χ4v) is 2.21. The lowest BCUT2D eigenvalue weighted by molar-refractivity contribution is -0.109. The molecule has 0 radical (unpaired) electrons. The fourth-order valence-electron chi connectivity index (χ4n) is 2.21. The van der Waals surface area contributed by atoms with Crippen molar-refractivity contribution in [3.05, 3.63) is 29.6 Å². The standard InChI is InChI=1S/C13H13FN2O/c14-12-7-10(8-15)4-5-13(12)16-6-2-1-3-11(16)9-17/h4-5,7,9,11H,1-3,6H2. The molecule has 1 aliphatic rings. The minimum atomic E-state index is -0.433. The van der Waals surface area contributed by atoms with Crippen LogP contribution < -0.4 is 4.90 Å². The summed E-state index contributed by atoms with van der Waals surface area (Å²) in [5.41, 5.74) is 0.715. The summed E-state index contributed by atoms with van der Waals surface area (Å²) in [4.78, 5) is 12.7. The minimum Gasteiger partial charge on any atom is -0.359 e. The van der Waals surface area contributed by atoms with Crippen molar-refractivity contribution in [2.24, 2.45) is 0 Å². The van der Waals surface area contributed by atoms with Crippen molar-refractivity contribution in [2.75, 3.05) is 11.4 Å². The highest BCUT2D eigenvalue weighted by atomic mass is 19.1. The Bertz CT molecular complexity index is 467. The van der Waals surface area contributed by atoms with Crippen molar-refractivity contribution in [3.8, 4) is 6.07 Å². The molecule has 1 aliphatic heterocycles. The second kappa shape index (κ2) is 4.96. The fraction of sp³-hybridized carbons (Fsp3) is 0.385. The molecule has 0 amide bonds. The van der Waals surface area contributed by atoms with Gasteiger partial charge in [0.2, 0.25) is 0 Å². The van der Waals surface area contributed by atoms with E-state index in [1.54, 1.807) is 17.0 Å². The third-order valence-corrected chi connectivity index (χ3v) is 3.09. The van der Waals surface area contributed by atoms with Crippen molar-refractivity contribution in [1.82, 2.24) is 0 Å². The Morgan fingerprint density at radius 2 is 2.29 bits per heavy atom. The number of aldehydes is 1. The SMILES string of the molecule is N#Cc1ccc(N2CCCCC2C=O)c(F)c1. The van der Waals surface area contributed by atoms with E-state index in [1.165, 1.54) is 6.07 Å². The molecule has 0 aromatic heterocycles. The molecule has 4 heteroatoms. The van der Waals surface area contributed by atoms with Crippen LogP contribution in [-0.2, 0) is 4.79 Å². The number of carbonyl (C=O) groups excluding carboxylic acids is 1. The number of piperidine rings is 1. The van der Waals surface area contributed by atoms with Gasteiger partial charge in [0.05, 0.1) is 23.4 Å². The Kier molecular flexibility index (Phi) is 3.38. The summed E-state index contributed by atoms with van der Waals surface area (Å²) in [7, 11) is 0. The highest BCUT2D eigenvalue weighted by Gasteiger charge is 2.24. The van der Waals surface area contributed by atoms with E-state index in [0.717, 1.165) is 25.5 Å². The van der Waals surface area contributed by atoms with E-state index in [1.807, 2.05) is 6.07 Å². The van der Waals surface area contributed by atoms with Crippen LogP contribution in [0.3, 0.4) is 0 Å². The van der Waals surface area contributed by atoms with Gasteiger partial charge in [-0.25, -0.2) is 4.39 Å². The number of nitrogens with zero attached hydrogens (tertiary/aromatic N) is 2. The summed E-state index contributed by atoms with van der Waals surface area (Å²) >= 11 is 0. The number of halogens is 1. The van der Waals surface area contributed by atoms with E-state index >= 15 is 0 Å². The third-order valence-electron chi connectivity index (χ3n) is 3.09. The molecular weight excluding hydrogens is 219 g/mol. The first-order valence-electron chi connectivity index (χ1n) is 5.68. The Morgan fingerprint density at radius 1 is 1.47 bits per heavy atom. The first kappa shape index (κ1) is 11.6. The van der Waals surface area contributed by atoms with Gasteiger partial charge in [-0.3, -0.25) is 0 Å². The summed E-state index contributed by atoms with van der Waals surface area (Å²) in [6.07, 6.45) is 3.60. The molecule has 88 valence electrons. The first-order chi connectivity index (χ1) is 8.26. The summed E-state index contributed by atoms with van der Waals surface area (Å²) in [6.45, 7) is 0.687. The minimum absolute atomic E-state index is 0.244. The van der Waals surface area contributed by atoms with Crippen LogP contribution in [0.5, 0.6) is 0 Å². The molecule has 2 rings (SSSR count). The molecule has 0 bridgehead atoms. The van der Waals surface area contributed by atoms with Crippen LogP contribution in [0.25, 0.3) is 0 Å². The van der Waals surface area contributed by atoms with Gasteiger partial charge in [-0.05, 0) is 37.5 Å².